The second-order valence-electron chi connectivity index (χ2n) is 4.92. The summed E-state index contributed by atoms with van der Waals surface area (Å²) in [6, 6.07) is 11.8. The summed E-state index contributed by atoms with van der Waals surface area (Å²) in [5, 5.41) is 0. The Hall–Kier alpha value is -1.94. The number of aldehydes is 1. The van der Waals surface area contributed by atoms with Crippen LogP contribution in [0.5, 0.6) is 11.5 Å². The zero-order chi connectivity index (χ0) is 14.7. The van der Waals surface area contributed by atoms with Gasteiger partial charge in [-0.15, -0.1) is 0 Å². The predicted molar refractivity (Wildman–Crippen MR) is 82.7 cm³/mol. The van der Waals surface area contributed by atoms with Crippen molar-refractivity contribution >= 4 is 18.0 Å². The summed E-state index contributed by atoms with van der Waals surface area (Å²) in [5.41, 5.74) is 1.80. The van der Waals surface area contributed by atoms with Gasteiger partial charge in [-0.1, -0.05) is 23.4 Å². The highest BCUT2D eigenvalue weighted by molar-refractivity contribution is 7.99. The van der Waals surface area contributed by atoms with Gasteiger partial charge in [-0.2, -0.15) is 0 Å². The lowest BCUT2D eigenvalue weighted by molar-refractivity contribution is 0.112. The Morgan fingerprint density at radius 1 is 1.05 bits per heavy atom. The molecule has 0 aliphatic carbocycles. The first-order valence-electron chi connectivity index (χ1n) is 6.89. The normalized spacial score (nSPS) is 13.6. The van der Waals surface area contributed by atoms with Crippen molar-refractivity contribution in [3.05, 3.63) is 47.5 Å². The monoisotopic (exact) mass is 300 g/mol. The summed E-state index contributed by atoms with van der Waals surface area (Å²) >= 11 is 1.56. The van der Waals surface area contributed by atoms with Crippen LogP contribution in [0.1, 0.15) is 22.3 Å². The van der Waals surface area contributed by atoms with Crippen LogP contribution >= 0.6 is 11.8 Å². The fourth-order valence-electron chi connectivity index (χ4n) is 2.19. The molecule has 1 aliphatic heterocycles. The lowest BCUT2D eigenvalue weighted by Gasteiger charge is -2.10. The first kappa shape index (κ1) is 14.0. The lowest BCUT2D eigenvalue weighted by atomic mass is 10.2. The second-order valence-corrected chi connectivity index (χ2v) is 6.04. The van der Waals surface area contributed by atoms with Gasteiger partial charge in [0.1, 0.15) is 0 Å². The molecule has 0 unspecified atom stereocenters. The molecule has 0 bridgehead atoms. The average molecular weight is 300 g/mol. The topological polar surface area (TPSA) is 35.5 Å². The Labute approximate surface area is 128 Å². The Morgan fingerprint density at radius 3 is 2.67 bits per heavy atom. The Bertz CT molecular complexity index is 667. The van der Waals surface area contributed by atoms with Crippen molar-refractivity contribution in [2.75, 3.05) is 13.2 Å². The highest BCUT2D eigenvalue weighted by Crippen LogP contribution is 2.37. The van der Waals surface area contributed by atoms with Crippen LogP contribution in [-0.2, 0) is 0 Å². The van der Waals surface area contributed by atoms with Crippen LogP contribution < -0.4 is 9.47 Å². The van der Waals surface area contributed by atoms with Crippen molar-refractivity contribution in [3.8, 4) is 11.5 Å². The van der Waals surface area contributed by atoms with Crippen molar-refractivity contribution in [3.63, 3.8) is 0 Å². The molecular weight excluding hydrogens is 284 g/mol. The highest BCUT2D eigenvalue weighted by Gasteiger charge is 2.12. The molecule has 0 saturated carbocycles. The summed E-state index contributed by atoms with van der Waals surface area (Å²) in [4.78, 5) is 13.2. The fourth-order valence-corrected chi connectivity index (χ4v) is 3.10. The zero-order valence-electron chi connectivity index (χ0n) is 11.8. The Morgan fingerprint density at radius 2 is 1.86 bits per heavy atom. The standard InChI is InChI=1S/C17H16O3S/c1-12-3-6-17(13(9-12)11-18)21-14-4-5-15-16(10-14)20-8-2-7-19-15/h3-6,9-11H,2,7-8H2,1H3. The Balaban J connectivity index is 1.88. The van der Waals surface area contributed by atoms with Crippen molar-refractivity contribution < 1.29 is 14.3 Å². The molecule has 0 atom stereocenters. The van der Waals surface area contributed by atoms with Gasteiger partial charge in [0.05, 0.1) is 13.2 Å². The van der Waals surface area contributed by atoms with E-state index in [9.17, 15) is 4.79 Å². The molecule has 3 nitrogen and oxygen atoms in total. The third-order valence-electron chi connectivity index (χ3n) is 3.24. The third-order valence-corrected chi connectivity index (χ3v) is 4.32. The minimum atomic E-state index is 0.672. The lowest BCUT2D eigenvalue weighted by Crippen LogP contribution is -1.97. The molecule has 2 aromatic carbocycles. The van der Waals surface area contributed by atoms with Gasteiger partial charge in [0.25, 0.3) is 0 Å². The number of carbonyl (C=O) groups excluding carboxylic acids is 1. The molecule has 1 heterocycles. The van der Waals surface area contributed by atoms with Gasteiger partial charge < -0.3 is 9.47 Å². The number of benzene rings is 2. The maximum absolute atomic E-state index is 11.2. The smallest absolute Gasteiger partial charge is 0.162 e. The maximum atomic E-state index is 11.2. The molecule has 0 amide bonds. The predicted octanol–water partition coefficient (Wildman–Crippen LogP) is 4.12. The van der Waals surface area contributed by atoms with Crippen LogP contribution in [-0.4, -0.2) is 19.5 Å². The summed E-state index contributed by atoms with van der Waals surface area (Å²) in [6.45, 7) is 3.34. The molecule has 21 heavy (non-hydrogen) atoms. The molecule has 0 aromatic heterocycles. The molecule has 2 aromatic rings. The molecule has 4 heteroatoms. The number of rotatable bonds is 3. The van der Waals surface area contributed by atoms with E-state index in [4.69, 9.17) is 9.47 Å². The first-order chi connectivity index (χ1) is 10.3. The summed E-state index contributed by atoms with van der Waals surface area (Å²) in [6.07, 6.45) is 1.79. The van der Waals surface area contributed by atoms with E-state index in [1.165, 1.54) is 0 Å². The SMILES string of the molecule is Cc1ccc(Sc2ccc3c(c2)OCCCO3)c(C=O)c1. The fraction of sp³-hybridized carbons (Fsp3) is 0.235. The van der Waals surface area contributed by atoms with Crippen molar-refractivity contribution in [1.82, 2.24) is 0 Å². The Kier molecular flexibility index (Phi) is 4.15. The minimum Gasteiger partial charge on any atom is -0.490 e. The molecule has 108 valence electrons. The number of ether oxygens (including phenoxy) is 2. The molecule has 0 radical (unpaired) electrons. The van der Waals surface area contributed by atoms with Crippen molar-refractivity contribution in [2.24, 2.45) is 0 Å². The van der Waals surface area contributed by atoms with E-state index in [0.29, 0.717) is 18.8 Å². The van der Waals surface area contributed by atoms with E-state index >= 15 is 0 Å². The van der Waals surface area contributed by atoms with Gasteiger partial charge in [0.15, 0.2) is 17.8 Å². The van der Waals surface area contributed by atoms with E-state index in [-0.39, 0.29) is 0 Å². The zero-order valence-corrected chi connectivity index (χ0v) is 12.6. The van der Waals surface area contributed by atoms with Gasteiger partial charge in [0.2, 0.25) is 0 Å². The van der Waals surface area contributed by atoms with Crippen molar-refractivity contribution in [2.45, 2.75) is 23.1 Å². The van der Waals surface area contributed by atoms with E-state index in [1.54, 1.807) is 11.8 Å². The van der Waals surface area contributed by atoms with Gasteiger partial charge in [-0.3, -0.25) is 4.79 Å². The first-order valence-corrected chi connectivity index (χ1v) is 7.71. The van der Waals surface area contributed by atoms with Gasteiger partial charge in [-0.05, 0) is 37.3 Å². The number of hydrogen-bond donors (Lipinski definition) is 0. The van der Waals surface area contributed by atoms with E-state index in [0.717, 1.165) is 39.6 Å². The van der Waals surface area contributed by atoms with E-state index in [2.05, 4.69) is 0 Å². The average Bonchev–Trinajstić information content (AvgIpc) is 2.74. The van der Waals surface area contributed by atoms with Crippen LogP contribution in [0.25, 0.3) is 0 Å². The molecule has 0 saturated heterocycles. The largest absolute Gasteiger partial charge is 0.490 e. The van der Waals surface area contributed by atoms with Gasteiger partial charge >= 0.3 is 0 Å². The highest BCUT2D eigenvalue weighted by atomic mass is 32.2. The van der Waals surface area contributed by atoms with Crippen LogP contribution in [0.3, 0.4) is 0 Å². The summed E-state index contributed by atoms with van der Waals surface area (Å²) in [7, 11) is 0. The summed E-state index contributed by atoms with van der Waals surface area (Å²) in [5.74, 6) is 1.56. The number of hydrogen-bond acceptors (Lipinski definition) is 4. The number of carbonyl (C=O) groups is 1. The van der Waals surface area contributed by atoms with E-state index in [1.807, 2.05) is 43.3 Å². The molecule has 0 N–H and O–H groups in total. The molecule has 3 rings (SSSR count). The van der Waals surface area contributed by atoms with Gasteiger partial charge in [0, 0.05) is 21.8 Å². The quantitative estimate of drug-likeness (QED) is 0.799. The van der Waals surface area contributed by atoms with Gasteiger partial charge in [-0.25, -0.2) is 0 Å². The molecule has 0 fully saturated rings. The van der Waals surface area contributed by atoms with Crippen molar-refractivity contribution in [1.29, 1.82) is 0 Å². The van der Waals surface area contributed by atoms with Crippen LogP contribution in [0.15, 0.2) is 46.2 Å². The summed E-state index contributed by atoms with van der Waals surface area (Å²) < 4.78 is 11.3. The second kappa shape index (κ2) is 6.22. The van der Waals surface area contributed by atoms with Crippen LogP contribution in [0, 0.1) is 6.92 Å². The number of aryl methyl sites for hydroxylation is 1. The molecule has 1 aliphatic rings. The van der Waals surface area contributed by atoms with E-state index < -0.39 is 0 Å². The maximum Gasteiger partial charge on any atom is 0.162 e. The minimum absolute atomic E-state index is 0.672. The number of fused-ring (bicyclic) bond motifs is 1. The molecule has 0 spiro atoms. The van der Waals surface area contributed by atoms with Crippen LogP contribution in [0.2, 0.25) is 0 Å². The molecular formula is C17H16O3S. The van der Waals surface area contributed by atoms with Crippen LogP contribution in [0.4, 0.5) is 0 Å². The third kappa shape index (κ3) is 3.22.